The third-order valence-electron chi connectivity index (χ3n) is 1.82. The molecule has 3 heteroatoms. The highest BCUT2D eigenvalue weighted by Crippen LogP contribution is 2.00. The number of hydrogen-bond donors (Lipinski definition) is 1. The molecule has 0 aromatic heterocycles. The maximum absolute atomic E-state index is 5.70. The SMILES string of the molecule is COCC(N)COCc1ccccc1. The molecule has 0 heterocycles. The van der Waals surface area contributed by atoms with Crippen molar-refractivity contribution in [2.75, 3.05) is 20.3 Å². The van der Waals surface area contributed by atoms with Gasteiger partial charge in [0.2, 0.25) is 0 Å². The van der Waals surface area contributed by atoms with Crippen LogP contribution in [0.3, 0.4) is 0 Å². The lowest BCUT2D eigenvalue weighted by Crippen LogP contribution is -2.30. The second kappa shape index (κ2) is 6.54. The van der Waals surface area contributed by atoms with Crippen LogP contribution in [0.15, 0.2) is 30.3 Å². The van der Waals surface area contributed by atoms with Crippen LogP contribution in [0, 0.1) is 0 Å². The van der Waals surface area contributed by atoms with Crippen LogP contribution in [0.1, 0.15) is 5.56 Å². The Bertz CT molecular complexity index is 238. The molecule has 1 unspecified atom stereocenters. The second-order valence-electron chi connectivity index (χ2n) is 3.22. The van der Waals surface area contributed by atoms with E-state index in [0.29, 0.717) is 19.8 Å². The molecule has 0 saturated carbocycles. The van der Waals surface area contributed by atoms with Crippen LogP contribution < -0.4 is 5.73 Å². The number of ether oxygens (including phenoxy) is 2. The fourth-order valence-electron chi connectivity index (χ4n) is 1.16. The first kappa shape index (κ1) is 11.2. The van der Waals surface area contributed by atoms with Gasteiger partial charge in [-0.3, -0.25) is 0 Å². The lowest BCUT2D eigenvalue weighted by atomic mass is 10.2. The molecule has 14 heavy (non-hydrogen) atoms. The fraction of sp³-hybridized carbons (Fsp3) is 0.455. The summed E-state index contributed by atoms with van der Waals surface area (Å²) in [6.07, 6.45) is 0. The van der Waals surface area contributed by atoms with Crippen molar-refractivity contribution in [3.8, 4) is 0 Å². The van der Waals surface area contributed by atoms with Gasteiger partial charge in [0.25, 0.3) is 0 Å². The quantitative estimate of drug-likeness (QED) is 0.741. The minimum absolute atomic E-state index is 0.0382. The number of methoxy groups -OCH3 is 1. The molecule has 0 bridgehead atoms. The monoisotopic (exact) mass is 195 g/mol. The Balaban J connectivity index is 2.16. The van der Waals surface area contributed by atoms with E-state index < -0.39 is 0 Å². The summed E-state index contributed by atoms with van der Waals surface area (Å²) in [4.78, 5) is 0. The van der Waals surface area contributed by atoms with E-state index in [0.717, 1.165) is 5.56 Å². The zero-order valence-electron chi connectivity index (χ0n) is 8.48. The van der Waals surface area contributed by atoms with Gasteiger partial charge < -0.3 is 15.2 Å². The third kappa shape index (κ3) is 4.37. The van der Waals surface area contributed by atoms with Gasteiger partial charge in [0.1, 0.15) is 0 Å². The first-order valence-electron chi connectivity index (χ1n) is 4.69. The van der Waals surface area contributed by atoms with Gasteiger partial charge >= 0.3 is 0 Å². The fourth-order valence-corrected chi connectivity index (χ4v) is 1.16. The van der Waals surface area contributed by atoms with Crippen molar-refractivity contribution in [2.45, 2.75) is 12.6 Å². The number of nitrogens with two attached hydrogens (primary N) is 1. The van der Waals surface area contributed by atoms with Gasteiger partial charge in [-0.15, -0.1) is 0 Å². The average Bonchev–Trinajstić information content (AvgIpc) is 2.20. The lowest BCUT2D eigenvalue weighted by molar-refractivity contribution is 0.0777. The number of benzene rings is 1. The topological polar surface area (TPSA) is 44.5 Å². The molecule has 0 aliphatic rings. The van der Waals surface area contributed by atoms with Crippen molar-refractivity contribution in [3.05, 3.63) is 35.9 Å². The standard InChI is InChI=1S/C11H17NO2/c1-13-8-11(12)9-14-7-10-5-3-2-4-6-10/h2-6,11H,7-9,12H2,1H3. The summed E-state index contributed by atoms with van der Waals surface area (Å²) < 4.78 is 10.3. The predicted octanol–water partition coefficient (Wildman–Crippen LogP) is 1.18. The lowest BCUT2D eigenvalue weighted by Gasteiger charge is -2.10. The number of rotatable bonds is 6. The van der Waals surface area contributed by atoms with Crippen molar-refractivity contribution >= 4 is 0 Å². The molecule has 0 spiro atoms. The Kier molecular flexibility index (Phi) is 5.22. The van der Waals surface area contributed by atoms with E-state index in [1.165, 1.54) is 0 Å². The minimum Gasteiger partial charge on any atom is -0.383 e. The average molecular weight is 195 g/mol. The summed E-state index contributed by atoms with van der Waals surface area (Å²) in [6.45, 7) is 1.68. The predicted molar refractivity (Wildman–Crippen MR) is 55.9 cm³/mol. The van der Waals surface area contributed by atoms with E-state index in [2.05, 4.69) is 0 Å². The molecular formula is C11H17NO2. The summed E-state index contributed by atoms with van der Waals surface area (Å²) in [5.74, 6) is 0. The normalized spacial score (nSPS) is 12.7. The van der Waals surface area contributed by atoms with Gasteiger partial charge in [-0.05, 0) is 5.56 Å². The summed E-state index contributed by atoms with van der Waals surface area (Å²) >= 11 is 0. The Morgan fingerprint density at radius 2 is 1.93 bits per heavy atom. The highest BCUT2D eigenvalue weighted by Gasteiger charge is 2.01. The maximum Gasteiger partial charge on any atom is 0.0717 e. The molecule has 78 valence electrons. The largest absolute Gasteiger partial charge is 0.383 e. The van der Waals surface area contributed by atoms with Crippen molar-refractivity contribution in [1.29, 1.82) is 0 Å². The molecule has 0 aliphatic carbocycles. The molecule has 3 nitrogen and oxygen atoms in total. The molecule has 0 amide bonds. The van der Waals surface area contributed by atoms with Crippen molar-refractivity contribution in [1.82, 2.24) is 0 Å². The van der Waals surface area contributed by atoms with Crippen LogP contribution in [0.2, 0.25) is 0 Å². The van der Waals surface area contributed by atoms with Crippen LogP contribution in [0.4, 0.5) is 0 Å². The van der Waals surface area contributed by atoms with Crippen molar-refractivity contribution in [3.63, 3.8) is 0 Å². The molecule has 1 aromatic carbocycles. The summed E-state index contributed by atoms with van der Waals surface area (Å²) in [5.41, 5.74) is 6.86. The first-order chi connectivity index (χ1) is 6.83. The third-order valence-corrected chi connectivity index (χ3v) is 1.82. The van der Waals surface area contributed by atoms with Gasteiger partial charge in [-0.25, -0.2) is 0 Å². The first-order valence-corrected chi connectivity index (χ1v) is 4.69. The summed E-state index contributed by atoms with van der Waals surface area (Å²) in [6, 6.07) is 9.99. The van der Waals surface area contributed by atoms with E-state index in [9.17, 15) is 0 Å². The van der Waals surface area contributed by atoms with Gasteiger partial charge in [0.15, 0.2) is 0 Å². The van der Waals surface area contributed by atoms with Crippen LogP contribution >= 0.6 is 0 Å². The minimum atomic E-state index is -0.0382. The molecule has 1 aromatic rings. The van der Waals surface area contributed by atoms with Crippen LogP contribution in [0.25, 0.3) is 0 Å². The molecule has 0 saturated heterocycles. The zero-order chi connectivity index (χ0) is 10.2. The Morgan fingerprint density at radius 1 is 1.21 bits per heavy atom. The van der Waals surface area contributed by atoms with E-state index in [1.807, 2.05) is 30.3 Å². The Hall–Kier alpha value is -0.900. The van der Waals surface area contributed by atoms with Crippen molar-refractivity contribution in [2.24, 2.45) is 5.73 Å². The van der Waals surface area contributed by atoms with E-state index in [1.54, 1.807) is 7.11 Å². The van der Waals surface area contributed by atoms with E-state index >= 15 is 0 Å². The highest BCUT2D eigenvalue weighted by molar-refractivity contribution is 5.13. The van der Waals surface area contributed by atoms with E-state index in [-0.39, 0.29) is 6.04 Å². The van der Waals surface area contributed by atoms with Gasteiger partial charge in [-0.2, -0.15) is 0 Å². The Morgan fingerprint density at radius 3 is 2.57 bits per heavy atom. The smallest absolute Gasteiger partial charge is 0.0717 e. The highest BCUT2D eigenvalue weighted by atomic mass is 16.5. The zero-order valence-corrected chi connectivity index (χ0v) is 8.48. The molecule has 2 N–H and O–H groups in total. The van der Waals surface area contributed by atoms with Crippen molar-refractivity contribution < 1.29 is 9.47 Å². The molecule has 1 atom stereocenters. The van der Waals surface area contributed by atoms with Crippen LogP contribution in [-0.4, -0.2) is 26.4 Å². The van der Waals surface area contributed by atoms with Crippen LogP contribution in [-0.2, 0) is 16.1 Å². The summed E-state index contributed by atoms with van der Waals surface area (Å²) in [5, 5.41) is 0. The second-order valence-corrected chi connectivity index (χ2v) is 3.22. The van der Waals surface area contributed by atoms with Crippen LogP contribution in [0.5, 0.6) is 0 Å². The van der Waals surface area contributed by atoms with E-state index in [4.69, 9.17) is 15.2 Å². The Labute approximate surface area is 84.8 Å². The van der Waals surface area contributed by atoms with Gasteiger partial charge in [0.05, 0.1) is 25.9 Å². The number of hydrogen-bond acceptors (Lipinski definition) is 3. The van der Waals surface area contributed by atoms with Gasteiger partial charge in [-0.1, -0.05) is 30.3 Å². The molecular weight excluding hydrogens is 178 g/mol. The molecule has 0 radical (unpaired) electrons. The summed E-state index contributed by atoms with van der Waals surface area (Å²) in [7, 11) is 1.64. The van der Waals surface area contributed by atoms with Gasteiger partial charge in [0, 0.05) is 7.11 Å². The maximum atomic E-state index is 5.70. The molecule has 0 aliphatic heterocycles. The molecule has 1 rings (SSSR count). The molecule has 0 fully saturated rings.